The van der Waals surface area contributed by atoms with Gasteiger partial charge in [-0.1, -0.05) is 48.6 Å². The van der Waals surface area contributed by atoms with Gasteiger partial charge in [-0.3, -0.25) is 0 Å². The van der Waals surface area contributed by atoms with E-state index in [4.69, 9.17) is 14.2 Å². The molecule has 3 heteroatoms. The molecule has 0 unspecified atom stereocenters. The van der Waals surface area contributed by atoms with Crippen LogP contribution in [0.15, 0.2) is 60.7 Å². The van der Waals surface area contributed by atoms with Gasteiger partial charge in [0.1, 0.15) is 5.75 Å². The molecule has 0 radical (unpaired) electrons. The summed E-state index contributed by atoms with van der Waals surface area (Å²) >= 11 is 0. The highest BCUT2D eigenvalue weighted by molar-refractivity contribution is 5.30. The van der Waals surface area contributed by atoms with Gasteiger partial charge in [0.15, 0.2) is 6.29 Å². The maximum atomic E-state index is 5.96. The molecule has 1 aliphatic heterocycles. The molecule has 0 aromatic heterocycles. The molecule has 0 N–H and O–H groups in total. The van der Waals surface area contributed by atoms with E-state index in [0.717, 1.165) is 24.2 Å². The summed E-state index contributed by atoms with van der Waals surface area (Å²) in [5.74, 6) is 1.14. The standard InChI is InChI=1S/C22H26O3/c1-3-4-5-6-17-7-9-19(10-8-17)22-24-15-20(16-25-22)18-11-13-21(23-2)14-12-18/h3-4,7-14,20,22H,5-6,15-16H2,1-2H3. The van der Waals surface area contributed by atoms with Crippen LogP contribution in [0, 0.1) is 0 Å². The predicted molar refractivity (Wildman–Crippen MR) is 100.0 cm³/mol. The van der Waals surface area contributed by atoms with Crippen LogP contribution in [0.4, 0.5) is 0 Å². The zero-order valence-electron chi connectivity index (χ0n) is 15.0. The molecule has 3 rings (SSSR count). The van der Waals surface area contributed by atoms with Crippen LogP contribution in [0.1, 0.15) is 42.2 Å². The van der Waals surface area contributed by atoms with E-state index in [0.29, 0.717) is 13.2 Å². The Kier molecular flexibility index (Phi) is 6.26. The van der Waals surface area contributed by atoms with Gasteiger partial charge in [-0.05, 0) is 43.0 Å². The third-order valence-electron chi connectivity index (χ3n) is 4.57. The zero-order valence-corrected chi connectivity index (χ0v) is 15.0. The second-order valence-electron chi connectivity index (χ2n) is 6.32. The minimum Gasteiger partial charge on any atom is -0.497 e. The molecule has 1 saturated heterocycles. The first-order valence-corrected chi connectivity index (χ1v) is 8.87. The van der Waals surface area contributed by atoms with Crippen molar-refractivity contribution in [2.75, 3.05) is 20.3 Å². The maximum absolute atomic E-state index is 5.96. The number of hydrogen-bond acceptors (Lipinski definition) is 3. The van der Waals surface area contributed by atoms with E-state index in [2.05, 4.69) is 55.5 Å². The second-order valence-corrected chi connectivity index (χ2v) is 6.32. The van der Waals surface area contributed by atoms with Crippen LogP contribution in [0.25, 0.3) is 0 Å². The van der Waals surface area contributed by atoms with Gasteiger partial charge >= 0.3 is 0 Å². The van der Waals surface area contributed by atoms with Crippen LogP contribution >= 0.6 is 0 Å². The first-order chi connectivity index (χ1) is 12.3. The average Bonchev–Trinajstić information content (AvgIpc) is 2.69. The fraction of sp³-hybridized carbons (Fsp3) is 0.364. The molecule has 0 amide bonds. The smallest absolute Gasteiger partial charge is 0.183 e. The molecule has 1 fully saturated rings. The summed E-state index contributed by atoms with van der Waals surface area (Å²) in [6, 6.07) is 16.7. The van der Waals surface area contributed by atoms with Crippen LogP contribution in [0.3, 0.4) is 0 Å². The van der Waals surface area contributed by atoms with Gasteiger partial charge in [0.25, 0.3) is 0 Å². The van der Waals surface area contributed by atoms with Crippen LogP contribution < -0.4 is 4.74 Å². The number of benzene rings is 2. The van der Waals surface area contributed by atoms with Crippen LogP contribution in [0.2, 0.25) is 0 Å². The third-order valence-corrected chi connectivity index (χ3v) is 4.57. The molecule has 1 heterocycles. The van der Waals surface area contributed by atoms with Crippen LogP contribution in [0.5, 0.6) is 5.75 Å². The van der Waals surface area contributed by atoms with E-state index in [1.165, 1.54) is 11.1 Å². The first-order valence-electron chi connectivity index (χ1n) is 8.87. The Balaban J connectivity index is 1.54. The van der Waals surface area contributed by atoms with Gasteiger partial charge < -0.3 is 14.2 Å². The van der Waals surface area contributed by atoms with Gasteiger partial charge in [-0.15, -0.1) is 0 Å². The second kappa shape index (κ2) is 8.84. The molecular weight excluding hydrogens is 312 g/mol. The Hall–Kier alpha value is -2.10. The highest BCUT2D eigenvalue weighted by atomic mass is 16.7. The number of aryl methyl sites for hydroxylation is 1. The molecule has 3 nitrogen and oxygen atoms in total. The quantitative estimate of drug-likeness (QED) is 0.691. The summed E-state index contributed by atoms with van der Waals surface area (Å²) < 4.78 is 17.1. The van der Waals surface area contributed by atoms with Gasteiger partial charge in [0.2, 0.25) is 0 Å². The molecule has 0 spiro atoms. The van der Waals surface area contributed by atoms with Crippen molar-refractivity contribution in [3.8, 4) is 5.75 Å². The van der Waals surface area contributed by atoms with E-state index >= 15 is 0 Å². The Morgan fingerprint density at radius 2 is 1.60 bits per heavy atom. The van der Waals surface area contributed by atoms with Crippen molar-refractivity contribution in [1.82, 2.24) is 0 Å². The fourth-order valence-corrected chi connectivity index (χ4v) is 3.02. The zero-order chi connectivity index (χ0) is 17.5. The van der Waals surface area contributed by atoms with Crippen molar-refractivity contribution >= 4 is 0 Å². The van der Waals surface area contributed by atoms with Crippen LogP contribution in [-0.4, -0.2) is 20.3 Å². The molecule has 0 aliphatic carbocycles. The predicted octanol–water partition coefficient (Wildman–Crippen LogP) is 5.03. The van der Waals surface area contributed by atoms with Crippen LogP contribution in [-0.2, 0) is 15.9 Å². The van der Waals surface area contributed by atoms with E-state index in [1.807, 2.05) is 12.1 Å². The van der Waals surface area contributed by atoms with Crippen molar-refractivity contribution in [2.24, 2.45) is 0 Å². The van der Waals surface area contributed by atoms with Gasteiger partial charge in [-0.25, -0.2) is 0 Å². The lowest BCUT2D eigenvalue weighted by Gasteiger charge is -2.30. The Morgan fingerprint density at radius 1 is 0.960 bits per heavy atom. The molecule has 2 aromatic rings. The highest BCUT2D eigenvalue weighted by Crippen LogP contribution is 2.30. The van der Waals surface area contributed by atoms with Crippen molar-refractivity contribution in [2.45, 2.75) is 32.0 Å². The molecule has 0 bridgehead atoms. The molecule has 1 aliphatic rings. The van der Waals surface area contributed by atoms with Crippen molar-refractivity contribution in [1.29, 1.82) is 0 Å². The summed E-state index contributed by atoms with van der Waals surface area (Å²) in [7, 11) is 1.68. The molecule has 0 saturated carbocycles. The summed E-state index contributed by atoms with van der Waals surface area (Å²) in [5.41, 5.74) is 3.65. The monoisotopic (exact) mass is 338 g/mol. The van der Waals surface area contributed by atoms with E-state index in [-0.39, 0.29) is 12.2 Å². The number of ether oxygens (including phenoxy) is 3. The lowest BCUT2D eigenvalue weighted by Crippen LogP contribution is -2.25. The van der Waals surface area contributed by atoms with Crippen molar-refractivity contribution < 1.29 is 14.2 Å². The van der Waals surface area contributed by atoms with E-state index in [9.17, 15) is 0 Å². The summed E-state index contributed by atoms with van der Waals surface area (Å²) in [5, 5.41) is 0. The Bertz CT molecular complexity index is 665. The van der Waals surface area contributed by atoms with E-state index in [1.54, 1.807) is 7.11 Å². The van der Waals surface area contributed by atoms with Gasteiger partial charge in [-0.2, -0.15) is 0 Å². The molecule has 0 atom stereocenters. The lowest BCUT2D eigenvalue weighted by molar-refractivity contribution is -0.191. The molecule has 132 valence electrons. The third kappa shape index (κ3) is 4.71. The maximum Gasteiger partial charge on any atom is 0.183 e. The first kappa shape index (κ1) is 17.7. The number of allylic oxidation sites excluding steroid dienone is 2. The number of methoxy groups -OCH3 is 1. The van der Waals surface area contributed by atoms with Gasteiger partial charge in [0, 0.05) is 11.5 Å². The minimum absolute atomic E-state index is 0.265. The summed E-state index contributed by atoms with van der Waals surface area (Å²) in [4.78, 5) is 0. The topological polar surface area (TPSA) is 27.7 Å². The van der Waals surface area contributed by atoms with Crippen molar-refractivity contribution in [3.05, 3.63) is 77.4 Å². The van der Waals surface area contributed by atoms with E-state index < -0.39 is 0 Å². The SMILES string of the molecule is CC=CCCc1ccc(C2OCC(c3ccc(OC)cc3)CO2)cc1. The number of rotatable bonds is 6. The molecular formula is C22H26O3. The summed E-state index contributed by atoms with van der Waals surface area (Å²) in [6.45, 7) is 3.39. The molecule has 2 aromatic carbocycles. The largest absolute Gasteiger partial charge is 0.497 e. The fourth-order valence-electron chi connectivity index (χ4n) is 3.02. The van der Waals surface area contributed by atoms with Crippen molar-refractivity contribution in [3.63, 3.8) is 0 Å². The molecule has 25 heavy (non-hydrogen) atoms. The number of hydrogen-bond donors (Lipinski definition) is 0. The van der Waals surface area contributed by atoms with Gasteiger partial charge in [0.05, 0.1) is 20.3 Å². The highest BCUT2D eigenvalue weighted by Gasteiger charge is 2.24. The summed E-state index contributed by atoms with van der Waals surface area (Å²) in [6.07, 6.45) is 6.17. The lowest BCUT2D eigenvalue weighted by atomic mass is 10.00. The Morgan fingerprint density at radius 3 is 2.20 bits per heavy atom. The Labute approximate surface area is 150 Å². The normalized spacial score (nSPS) is 20.7. The average molecular weight is 338 g/mol. The minimum atomic E-state index is -0.265.